The molecule has 0 bridgehead atoms. The summed E-state index contributed by atoms with van der Waals surface area (Å²) in [5, 5.41) is 16.0. The topological polar surface area (TPSA) is 54.5 Å². The maximum atomic E-state index is 12.8. The van der Waals surface area contributed by atoms with Crippen molar-refractivity contribution in [2.75, 3.05) is 0 Å². The monoisotopic (exact) mass is 286 g/mol. The minimum absolute atomic E-state index is 0.0638. The molecule has 19 heavy (non-hydrogen) atoms. The Labute approximate surface area is 111 Å². The van der Waals surface area contributed by atoms with Gasteiger partial charge < -0.3 is 0 Å². The van der Waals surface area contributed by atoms with E-state index in [0.717, 1.165) is 12.1 Å². The predicted molar refractivity (Wildman–Crippen MR) is 60.6 cm³/mol. The van der Waals surface area contributed by atoms with Crippen LogP contribution in [0, 0.1) is 11.3 Å². The largest absolute Gasteiger partial charge is 0.417 e. The van der Waals surface area contributed by atoms with Crippen LogP contribution in [-0.4, -0.2) is 15.0 Å². The zero-order valence-electron chi connectivity index (χ0n) is 9.32. The van der Waals surface area contributed by atoms with E-state index in [-0.39, 0.29) is 11.6 Å². The van der Waals surface area contributed by atoms with E-state index in [1.807, 2.05) is 0 Å². The predicted octanol–water partition coefficient (Wildman–Crippen LogP) is 2.90. The van der Waals surface area contributed by atoms with Crippen LogP contribution in [0.15, 0.2) is 24.4 Å². The molecule has 4 nitrogen and oxygen atoms in total. The van der Waals surface area contributed by atoms with E-state index in [4.69, 9.17) is 16.9 Å². The van der Waals surface area contributed by atoms with Crippen molar-refractivity contribution in [1.29, 1.82) is 5.26 Å². The van der Waals surface area contributed by atoms with Gasteiger partial charge in [0, 0.05) is 0 Å². The third kappa shape index (κ3) is 2.53. The highest BCUT2D eigenvalue weighted by molar-refractivity contribution is 6.16. The maximum absolute atomic E-state index is 12.8. The Bertz CT molecular complexity index is 642. The first-order valence-corrected chi connectivity index (χ1v) is 5.58. The summed E-state index contributed by atoms with van der Waals surface area (Å²) in [6.45, 7) is 0. The number of alkyl halides is 4. The number of nitriles is 1. The van der Waals surface area contributed by atoms with Gasteiger partial charge in [-0.3, -0.25) is 0 Å². The molecule has 2 rings (SSSR count). The summed E-state index contributed by atoms with van der Waals surface area (Å²) in [6.07, 6.45) is -3.25. The zero-order chi connectivity index (χ0) is 14.0. The second-order valence-corrected chi connectivity index (χ2v) is 3.88. The van der Waals surface area contributed by atoms with Crippen LogP contribution >= 0.6 is 11.6 Å². The molecule has 0 saturated carbocycles. The molecule has 0 radical (unpaired) electrons. The lowest BCUT2D eigenvalue weighted by Crippen LogP contribution is -2.10. The van der Waals surface area contributed by atoms with Crippen LogP contribution in [0.3, 0.4) is 0 Å². The average molecular weight is 287 g/mol. The molecule has 0 N–H and O–H groups in total. The number of aromatic nitrogens is 3. The van der Waals surface area contributed by atoms with Crippen molar-refractivity contribution in [2.45, 2.75) is 12.1 Å². The minimum atomic E-state index is -4.61. The molecule has 0 aliphatic rings. The quantitative estimate of drug-likeness (QED) is 0.798. The Balaban J connectivity index is 2.59. The van der Waals surface area contributed by atoms with E-state index in [1.165, 1.54) is 23.0 Å². The van der Waals surface area contributed by atoms with Crippen molar-refractivity contribution >= 4 is 11.6 Å². The van der Waals surface area contributed by atoms with Crippen molar-refractivity contribution in [1.82, 2.24) is 15.0 Å². The third-order valence-electron chi connectivity index (χ3n) is 2.43. The SMILES string of the molecule is N#Cc1ccc(-n2nncc2CCl)cc1C(F)(F)F. The molecule has 0 saturated heterocycles. The van der Waals surface area contributed by atoms with E-state index in [1.54, 1.807) is 0 Å². The van der Waals surface area contributed by atoms with Crippen LogP contribution in [0.4, 0.5) is 13.2 Å². The Morgan fingerprint density at radius 1 is 1.37 bits per heavy atom. The zero-order valence-corrected chi connectivity index (χ0v) is 10.1. The normalized spacial score (nSPS) is 11.3. The molecule has 1 aromatic heterocycles. The van der Waals surface area contributed by atoms with Gasteiger partial charge in [0.15, 0.2) is 0 Å². The Kier molecular flexibility index (Phi) is 3.44. The summed E-state index contributed by atoms with van der Waals surface area (Å²) in [5.41, 5.74) is -0.841. The van der Waals surface area contributed by atoms with Gasteiger partial charge in [-0.05, 0) is 18.2 Å². The third-order valence-corrected chi connectivity index (χ3v) is 2.70. The van der Waals surface area contributed by atoms with Gasteiger partial charge in [0.2, 0.25) is 0 Å². The van der Waals surface area contributed by atoms with Gasteiger partial charge in [-0.15, -0.1) is 16.7 Å². The highest BCUT2D eigenvalue weighted by Gasteiger charge is 2.34. The first-order chi connectivity index (χ1) is 8.97. The van der Waals surface area contributed by atoms with Crippen LogP contribution < -0.4 is 0 Å². The van der Waals surface area contributed by atoms with Gasteiger partial charge >= 0.3 is 6.18 Å². The summed E-state index contributed by atoms with van der Waals surface area (Å²) in [4.78, 5) is 0. The van der Waals surface area contributed by atoms with Crippen molar-refractivity contribution in [3.05, 3.63) is 41.2 Å². The summed E-state index contributed by atoms with van der Waals surface area (Å²) in [6, 6.07) is 4.82. The van der Waals surface area contributed by atoms with Gasteiger partial charge in [0.1, 0.15) is 0 Å². The molecule has 2 aromatic rings. The summed E-state index contributed by atoms with van der Waals surface area (Å²) in [5.74, 6) is 0.0638. The van der Waals surface area contributed by atoms with E-state index in [2.05, 4.69) is 10.3 Å². The van der Waals surface area contributed by atoms with Crippen LogP contribution in [0.1, 0.15) is 16.8 Å². The maximum Gasteiger partial charge on any atom is 0.417 e. The molecular formula is C11H6ClF3N4. The molecule has 98 valence electrons. The lowest BCUT2D eigenvalue weighted by Gasteiger charge is -2.11. The molecule has 0 aliphatic heterocycles. The number of hydrogen-bond donors (Lipinski definition) is 0. The van der Waals surface area contributed by atoms with E-state index in [9.17, 15) is 13.2 Å². The van der Waals surface area contributed by atoms with Crippen molar-refractivity contribution < 1.29 is 13.2 Å². The number of hydrogen-bond acceptors (Lipinski definition) is 3. The fourth-order valence-electron chi connectivity index (χ4n) is 1.56. The van der Waals surface area contributed by atoms with Gasteiger partial charge in [-0.1, -0.05) is 5.21 Å². The van der Waals surface area contributed by atoms with Gasteiger partial charge in [0.25, 0.3) is 0 Å². The minimum Gasteiger partial charge on any atom is -0.216 e. The lowest BCUT2D eigenvalue weighted by atomic mass is 10.1. The van der Waals surface area contributed by atoms with Crippen LogP contribution in [0.5, 0.6) is 0 Å². The number of halogens is 4. The Morgan fingerprint density at radius 2 is 2.11 bits per heavy atom. The van der Waals surface area contributed by atoms with Crippen molar-refractivity contribution in [3.8, 4) is 11.8 Å². The highest BCUT2D eigenvalue weighted by Crippen LogP contribution is 2.33. The fourth-order valence-corrected chi connectivity index (χ4v) is 1.74. The molecule has 0 amide bonds. The Morgan fingerprint density at radius 3 is 2.68 bits per heavy atom. The molecule has 0 unspecified atom stereocenters. The van der Waals surface area contributed by atoms with E-state index >= 15 is 0 Å². The van der Waals surface area contributed by atoms with Crippen LogP contribution in [-0.2, 0) is 12.1 Å². The standard InChI is InChI=1S/C11H6ClF3N4/c12-4-9-6-17-18-19(9)8-2-1-7(5-16)10(3-8)11(13,14)15/h1-3,6H,4H2. The lowest BCUT2D eigenvalue weighted by molar-refractivity contribution is -0.137. The summed E-state index contributed by atoms with van der Waals surface area (Å²) < 4.78 is 39.6. The Hall–Kier alpha value is -2.07. The second-order valence-electron chi connectivity index (χ2n) is 3.61. The molecule has 0 aliphatic carbocycles. The highest BCUT2D eigenvalue weighted by atomic mass is 35.5. The van der Waals surface area contributed by atoms with Crippen molar-refractivity contribution in [2.24, 2.45) is 0 Å². The molecular weight excluding hydrogens is 281 g/mol. The van der Waals surface area contributed by atoms with Gasteiger partial charge in [-0.25, -0.2) is 4.68 Å². The molecule has 1 aromatic carbocycles. The summed E-state index contributed by atoms with van der Waals surface area (Å²) in [7, 11) is 0. The number of nitrogens with zero attached hydrogens (tertiary/aromatic N) is 4. The first kappa shape index (κ1) is 13.4. The molecule has 1 heterocycles. The number of rotatable bonds is 2. The fraction of sp³-hybridized carbons (Fsp3) is 0.182. The second kappa shape index (κ2) is 4.90. The first-order valence-electron chi connectivity index (χ1n) is 5.04. The van der Waals surface area contributed by atoms with Crippen molar-refractivity contribution in [3.63, 3.8) is 0 Å². The van der Waals surface area contributed by atoms with Crippen LogP contribution in [0.2, 0.25) is 0 Å². The molecule has 0 spiro atoms. The number of benzene rings is 1. The van der Waals surface area contributed by atoms with Crippen LogP contribution in [0.25, 0.3) is 5.69 Å². The van der Waals surface area contributed by atoms with E-state index in [0.29, 0.717) is 5.69 Å². The average Bonchev–Trinajstić information content (AvgIpc) is 2.85. The van der Waals surface area contributed by atoms with Gasteiger partial charge in [0.05, 0.1) is 40.7 Å². The molecule has 8 heteroatoms. The smallest absolute Gasteiger partial charge is 0.216 e. The molecule has 0 atom stereocenters. The summed E-state index contributed by atoms with van der Waals surface area (Å²) >= 11 is 5.64. The van der Waals surface area contributed by atoms with Gasteiger partial charge in [-0.2, -0.15) is 18.4 Å². The van der Waals surface area contributed by atoms with E-state index < -0.39 is 17.3 Å². The molecule has 0 fully saturated rings.